The van der Waals surface area contributed by atoms with Gasteiger partial charge in [0, 0.05) is 6.08 Å². The van der Waals surface area contributed by atoms with E-state index in [1.54, 1.807) is 24.3 Å². The average molecular weight is 331 g/mol. The molecule has 2 rings (SSSR count). The zero-order valence-electron chi connectivity index (χ0n) is 12.4. The van der Waals surface area contributed by atoms with Crippen LogP contribution in [0.5, 0.6) is 0 Å². The van der Waals surface area contributed by atoms with Crippen LogP contribution in [0.1, 0.15) is 22.6 Å². The smallest absolute Gasteiger partial charge is 0.269 e. The first-order valence-corrected chi connectivity index (χ1v) is 8.00. The first-order chi connectivity index (χ1) is 10.8. The number of nitriles is 1. The molecule has 0 bridgehead atoms. The molecule has 0 spiro atoms. The van der Waals surface area contributed by atoms with Gasteiger partial charge < -0.3 is 4.52 Å². The predicted octanol–water partition coefficient (Wildman–Crippen LogP) is 1.68. The SMILES string of the molecule is Cc1noc(C)c1S(=O)(=O)NC(=O)C=Cc1ccccc1C#N. The van der Waals surface area contributed by atoms with Crippen LogP contribution in [0.4, 0.5) is 0 Å². The first-order valence-electron chi connectivity index (χ1n) is 6.52. The molecule has 2 aromatic rings. The molecule has 118 valence electrons. The normalized spacial score (nSPS) is 11.3. The summed E-state index contributed by atoms with van der Waals surface area (Å²) in [5.74, 6) is -0.737. The number of nitrogens with zero attached hydrogens (tertiary/aromatic N) is 2. The van der Waals surface area contributed by atoms with Gasteiger partial charge in [0.15, 0.2) is 10.7 Å². The Balaban J connectivity index is 2.20. The van der Waals surface area contributed by atoms with Crippen molar-refractivity contribution in [2.75, 3.05) is 0 Å². The summed E-state index contributed by atoms with van der Waals surface area (Å²) >= 11 is 0. The number of hydrogen-bond acceptors (Lipinski definition) is 6. The van der Waals surface area contributed by atoms with Gasteiger partial charge in [-0.2, -0.15) is 5.26 Å². The Morgan fingerprint density at radius 1 is 1.35 bits per heavy atom. The van der Waals surface area contributed by atoms with Crippen LogP contribution in [0.25, 0.3) is 6.08 Å². The summed E-state index contributed by atoms with van der Waals surface area (Å²) in [6, 6.07) is 8.62. The summed E-state index contributed by atoms with van der Waals surface area (Å²) in [7, 11) is -4.07. The number of nitrogens with one attached hydrogen (secondary N) is 1. The van der Waals surface area contributed by atoms with E-state index in [0.717, 1.165) is 6.08 Å². The molecule has 0 saturated carbocycles. The summed E-state index contributed by atoms with van der Waals surface area (Å²) in [4.78, 5) is 11.7. The third-order valence-corrected chi connectivity index (χ3v) is 4.56. The molecule has 0 fully saturated rings. The van der Waals surface area contributed by atoms with E-state index >= 15 is 0 Å². The van der Waals surface area contributed by atoms with Crippen LogP contribution in [-0.2, 0) is 14.8 Å². The summed E-state index contributed by atoms with van der Waals surface area (Å²) in [6.07, 6.45) is 2.42. The molecule has 0 saturated heterocycles. The minimum Gasteiger partial charge on any atom is -0.360 e. The first kappa shape index (κ1) is 16.5. The summed E-state index contributed by atoms with van der Waals surface area (Å²) in [5, 5.41) is 12.5. The molecule has 0 aliphatic rings. The molecule has 1 aromatic carbocycles. The maximum atomic E-state index is 12.2. The van der Waals surface area contributed by atoms with E-state index in [2.05, 4.69) is 5.16 Å². The number of sulfonamides is 1. The molecule has 7 nitrogen and oxygen atoms in total. The molecular formula is C15H13N3O4S. The lowest BCUT2D eigenvalue weighted by Crippen LogP contribution is -2.29. The molecule has 1 amide bonds. The van der Waals surface area contributed by atoms with E-state index in [-0.39, 0.29) is 16.3 Å². The van der Waals surface area contributed by atoms with Gasteiger partial charge in [-0.05, 0) is 31.6 Å². The fourth-order valence-corrected chi connectivity index (χ4v) is 3.26. The molecule has 0 atom stereocenters. The number of hydrogen-bond donors (Lipinski definition) is 1. The molecule has 8 heteroatoms. The number of aryl methyl sites for hydroxylation is 2. The molecular weight excluding hydrogens is 318 g/mol. The topological polar surface area (TPSA) is 113 Å². The average Bonchev–Trinajstić information content (AvgIpc) is 2.84. The van der Waals surface area contributed by atoms with E-state index in [1.165, 1.54) is 19.9 Å². The molecule has 1 heterocycles. The standard InChI is InChI=1S/C15H13N3O4S/c1-10-15(11(2)22-17-10)23(20,21)18-14(19)8-7-12-5-3-4-6-13(12)9-16/h3-8H,1-2H3,(H,18,19). The fourth-order valence-electron chi connectivity index (χ4n) is 1.99. The third-order valence-electron chi connectivity index (χ3n) is 2.97. The van der Waals surface area contributed by atoms with Crippen molar-refractivity contribution in [2.24, 2.45) is 0 Å². The highest BCUT2D eigenvalue weighted by molar-refractivity contribution is 7.90. The number of carbonyl (C=O) groups is 1. The molecule has 0 aliphatic heterocycles. The Morgan fingerprint density at radius 3 is 2.65 bits per heavy atom. The maximum absolute atomic E-state index is 12.2. The number of benzene rings is 1. The number of aromatic nitrogens is 1. The second-order valence-corrected chi connectivity index (χ2v) is 6.27. The van der Waals surface area contributed by atoms with Crippen LogP contribution in [0.2, 0.25) is 0 Å². The highest BCUT2D eigenvalue weighted by Gasteiger charge is 2.25. The van der Waals surface area contributed by atoms with Gasteiger partial charge >= 0.3 is 0 Å². The molecule has 1 aromatic heterocycles. The molecule has 0 aliphatic carbocycles. The highest BCUT2D eigenvalue weighted by atomic mass is 32.2. The van der Waals surface area contributed by atoms with Crippen LogP contribution >= 0.6 is 0 Å². The maximum Gasteiger partial charge on any atom is 0.269 e. The molecule has 1 N–H and O–H groups in total. The van der Waals surface area contributed by atoms with Gasteiger partial charge in [-0.25, -0.2) is 13.1 Å². The monoisotopic (exact) mass is 331 g/mol. The minimum absolute atomic E-state index is 0.0987. The lowest BCUT2D eigenvalue weighted by molar-refractivity contribution is -0.114. The Kier molecular flexibility index (Phi) is 4.62. The highest BCUT2D eigenvalue weighted by Crippen LogP contribution is 2.18. The van der Waals surface area contributed by atoms with Gasteiger partial charge in [-0.1, -0.05) is 23.4 Å². The molecule has 0 radical (unpaired) electrons. The Bertz CT molecular complexity index is 901. The summed E-state index contributed by atoms with van der Waals surface area (Å²) in [6.45, 7) is 2.91. The Morgan fingerprint density at radius 2 is 2.04 bits per heavy atom. The van der Waals surface area contributed by atoms with Crippen molar-refractivity contribution in [1.29, 1.82) is 5.26 Å². The zero-order chi connectivity index (χ0) is 17.0. The largest absolute Gasteiger partial charge is 0.360 e. The van der Waals surface area contributed by atoms with Crippen molar-refractivity contribution in [1.82, 2.24) is 9.88 Å². The van der Waals surface area contributed by atoms with Crippen molar-refractivity contribution in [3.8, 4) is 6.07 Å². The van der Waals surface area contributed by atoms with Crippen LogP contribution in [0.15, 0.2) is 39.8 Å². The van der Waals surface area contributed by atoms with Gasteiger partial charge in [0.2, 0.25) is 0 Å². The fraction of sp³-hybridized carbons (Fsp3) is 0.133. The van der Waals surface area contributed by atoms with Crippen LogP contribution < -0.4 is 4.72 Å². The lowest BCUT2D eigenvalue weighted by atomic mass is 10.1. The van der Waals surface area contributed by atoms with Crippen molar-refractivity contribution in [3.63, 3.8) is 0 Å². The van der Waals surface area contributed by atoms with Gasteiger partial charge in [-0.3, -0.25) is 4.79 Å². The van der Waals surface area contributed by atoms with Gasteiger partial charge in [0.05, 0.1) is 11.6 Å². The summed E-state index contributed by atoms with van der Waals surface area (Å²) < 4.78 is 31.0. The van der Waals surface area contributed by atoms with E-state index < -0.39 is 15.9 Å². The number of rotatable bonds is 4. The van der Waals surface area contributed by atoms with E-state index in [9.17, 15) is 13.2 Å². The van der Waals surface area contributed by atoms with Crippen LogP contribution in [0, 0.1) is 25.2 Å². The van der Waals surface area contributed by atoms with Gasteiger partial charge in [0.1, 0.15) is 5.69 Å². The number of carbonyl (C=O) groups excluding carboxylic acids is 1. The lowest BCUT2D eigenvalue weighted by Gasteiger charge is -2.03. The van der Waals surface area contributed by atoms with Crippen molar-refractivity contribution in [3.05, 3.63) is 52.9 Å². The predicted molar refractivity (Wildman–Crippen MR) is 81.5 cm³/mol. The van der Waals surface area contributed by atoms with Crippen molar-refractivity contribution in [2.45, 2.75) is 18.7 Å². The Labute approximate surface area is 133 Å². The second-order valence-electron chi connectivity index (χ2n) is 4.66. The van der Waals surface area contributed by atoms with Crippen molar-refractivity contribution < 1.29 is 17.7 Å². The molecule has 23 heavy (non-hydrogen) atoms. The minimum atomic E-state index is -4.07. The van der Waals surface area contributed by atoms with Gasteiger partial charge in [0.25, 0.3) is 15.9 Å². The zero-order valence-corrected chi connectivity index (χ0v) is 13.2. The van der Waals surface area contributed by atoms with Crippen LogP contribution in [0.3, 0.4) is 0 Å². The van der Waals surface area contributed by atoms with Crippen LogP contribution in [-0.4, -0.2) is 19.5 Å². The quantitative estimate of drug-likeness (QED) is 0.853. The van der Waals surface area contributed by atoms with E-state index in [0.29, 0.717) is 11.1 Å². The van der Waals surface area contributed by atoms with E-state index in [1.807, 2.05) is 10.8 Å². The van der Waals surface area contributed by atoms with Crippen molar-refractivity contribution >= 4 is 22.0 Å². The van der Waals surface area contributed by atoms with E-state index in [4.69, 9.17) is 9.78 Å². The van der Waals surface area contributed by atoms with Gasteiger partial charge in [-0.15, -0.1) is 0 Å². The molecule has 0 unspecified atom stereocenters. The second kappa shape index (κ2) is 6.46. The Hall–Kier alpha value is -2.92. The third kappa shape index (κ3) is 3.64. The summed E-state index contributed by atoms with van der Waals surface area (Å²) in [5.41, 5.74) is 1.06. The number of amides is 1.